The molecule has 0 bridgehead atoms. The first-order valence-electron chi connectivity index (χ1n) is 8.27. The summed E-state index contributed by atoms with van der Waals surface area (Å²) in [6, 6.07) is 18.6. The maximum absolute atomic E-state index is 12.5. The number of aromatic nitrogens is 1. The molecule has 0 aliphatic rings. The van der Waals surface area contributed by atoms with Gasteiger partial charge in [0, 0.05) is 30.2 Å². The summed E-state index contributed by atoms with van der Waals surface area (Å²) in [7, 11) is 0. The summed E-state index contributed by atoms with van der Waals surface area (Å²) in [5.74, 6) is -0.323. The average molecular weight is 345 g/mol. The number of nitrogens with zero attached hydrogens (tertiary/aromatic N) is 1. The molecule has 0 saturated carbocycles. The van der Waals surface area contributed by atoms with Gasteiger partial charge in [0.05, 0.1) is 11.3 Å². The number of carbonyl (C=O) groups excluding carboxylic acids is 2. The molecule has 5 nitrogen and oxygen atoms in total. The van der Waals surface area contributed by atoms with Gasteiger partial charge in [-0.2, -0.15) is 0 Å². The molecule has 1 amide bonds. The third-order valence-corrected chi connectivity index (χ3v) is 3.87. The monoisotopic (exact) mass is 345 g/mol. The zero-order chi connectivity index (χ0) is 18.4. The molecule has 5 heteroatoms. The molecule has 0 fully saturated rings. The molecule has 26 heavy (non-hydrogen) atoms. The van der Waals surface area contributed by atoms with Gasteiger partial charge in [-0.1, -0.05) is 42.5 Å². The summed E-state index contributed by atoms with van der Waals surface area (Å²) in [5.41, 5.74) is 3.48. The average Bonchev–Trinajstić information content (AvgIpc) is 2.67. The minimum Gasteiger partial charge on any atom is -0.380 e. The summed E-state index contributed by atoms with van der Waals surface area (Å²) in [4.78, 5) is 28.0. The van der Waals surface area contributed by atoms with Gasteiger partial charge in [-0.3, -0.25) is 14.6 Å². The molecular weight excluding hydrogens is 326 g/mol. The number of pyridine rings is 1. The van der Waals surface area contributed by atoms with Crippen LogP contribution in [0.3, 0.4) is 0 Å². The lowest BCUT2D eigenvalue weighted by atomic mass is 10.1. The Hall–Kier alpha value is -3.47. The molecule has 0 aliphatic heterocycles. The van der Waals surface area contributed by atoms with Gasteiger partial charge in [0.25, 0.3) is 5.91 Å². The second kappa shape index (κ2) is 8.07. The lowest BCUT2D eigenvalue weighted by molar-refractivity contribution is 0.101. The Morgan fingerprint density at radius 1 is 0.885 bits per heavy atom. The summed E-state index contributed by atoms with van der Waals surface area (Å²) < 4.78 is 0. The van der Waals surface area contributed by atoms with Crippen LogP contribution in [0.4, 0.5) is 11.4 Å². The second-order valence-corrected chi connectivity index (χ2v) is 5.89. The van der Waals surface area contributed by atoms with Crippen LogP contribution < -0.4 is 10.6 Å². The van der Waals surface area contributed by atoms with Gasteiger partial charge >= 0.3 is 0 Å². The van der Waals surface area contributed by atoms with Gasteiger partial charge in [-0.05, 0) is 30.7 Å². The van der Waals surface area contributed by atoms with Gasteiger partial charge in [0.1, 0.15) is 0 Å². The number of hydrogen-bond donors (Lipinski definition) is 2. The molecule has 130 valence electrons. The van der Waals surface area contributed by atoms with Crippen LogP contribution >= 0.6 is 0 Å². The van der Waals surface area contributed by atoms with E-state index in [2.05, 4.69) is 15.6 Å². The fourth-order valence-corrected chi connectivity index (χ4v) is 2.48. The zero-order valence-corrected chi connectivity index (χ0v) is 14.4. The number of anilines is 2. The maximum atomic E-state index is 12.5. The molecule has 0 unspecified atom stereocenters. The molecule has 3 aromatic rings. The predicted molar refractivity (Wildman–Crippen MR) is 102 cm³/mol. The molecular formula is C21H19N3O2. The van der Waals surface area contributed by atoms with Crippen LogP contribution in [-0.4, -0.2) is 16.7 Å². The standard InChI is InChI=1S/C21H19N3O2/c1-15(25)17-8-5-9-19(10-17)24-21(26)18-11-20(14-22-13-18)23-12-16-6-3-2-4-7-16/h2-11,13-14,23H,12H2,1H3,(H,24,26). The third-order valence-electron chi connectivity index (χ3n) is 3.87. The van der Waals surface area contributed by atoms with Crippen molar-refractivity contribution in [3.63, 3.8) is 0 Å². The zero-order valence-electron chi connectivity index (χ0n) is 14.4. The predicted octanol–water partition coefficient (Wildman–Crippen LogP) is 4.15. The smallest absolute Gasteiger partial charge is 0.257 e. The third kappa shape index (κ3) is 4.54. The fraction of sp³-hybridized carbons (Fsp3) is 0.0952. The lowest BCUT2D eigenvalue weighted by Crippen LogP contribution is -2.13. The van der Waals surface area contributed by atoms with Crippen molar-refractivity contribution in [3.05, 3.63) is 89.7 Å². The van der Waals surface area contributed by atoms with Crippen LogP contribution in [0.25, 0.3) is 0 Å². The van der Waals surface area contributed by atoms with E-state index in [9.17, 15) is 9.59 Å². The lowest BCUT2D eigenvalue weighted by Gasteiger charge is -2.09. The second-order valence-electron chi connectivity index (χ2n) is 5.89. The van der Waals surface area contributed by atoms with Crippen molar-refractivity contribution in [1.82, 2.24) is 4.98 Å². The Bertz CT molecular complexity index is 923. The highest BCUT2D eigenvalue weighted by Gasteiger charge is 2.09. The maximum Gasteiger partial charge on any atom is 0.257 e. The number of hydrogen-bond acceptors (Lipinski definition) is 4. The Labute approximate surface area is 152 Å². The molecule has 2 N–H and O–H groups in total. The van der Waals surface area contributed by atoms with Gasteiger partial charge in [-0.15, -0.1) is 0 Å². The number of ketones is 1. The normalized spacial score (nSPS) is 10.2. The summed E-state index contributed by atoms with van der Waals surface area (Å²) in [6.07, 6.45) is 3.19. The highest BCUT2D eigenvalue weighted by Crippen LogP contribution is 2.15. The molecule has 2 aromatic carbocycles. The Kier molecular flexibility index (Phi) is 5.39. The van der Waals surface area contributed by atoms with Crippen molar-refractivity contribution in [2.75, 3.05) is 10.6 Å². The van der Waals surface area contributed by atoms with Crippen LogP contribution in [-0.2, 0) is 6.54 Å². The van der Waals surface area contributed by atoms with E-state index in [-0.39, 0.29) is 11.7 Å². The number of amides is 1. The SMILES string of the molecule is CC(=O)c1cccc(NC(=O)c2cncc(NCc3ccccc3)c2)c1. The summed E-state index contributed by atoms with van der Waals surface area (Å²) >= 11 is 0. The highest BCUT2D eigenvalue weighted by atomic mass is 16.1. The topological polar surface area (TPSA) is 71.1 Å². The number of benzene rings is 2. The van der Waals surface area contributed by atoms with Crippen molar-refractivity contribution in [1.29, 1.82) is 0 Å². The first kappa shape index (κ1) is 17.4. The Morgan fingerprint density at radius 3 is 2.42 bits per heavy atom. The van der Waals surface area contributed by atoms with Crippen LogP contribution in [0.1, 0.15) is 33.2 Å². The number of rotatable bonds is 6. The van der Waals surface area contributed by atoms with Gasteiger partial charge in [0.15, 0.2) is 5.78 Å². The van der Waals surface area contributed by atoms with E-state index in [0.29, 0.717) is 23.4 Å². The van der Waals surface area contributed by atoms with Gasteiger partial charge in [-0.25, -0.2) is 0 Å². The number of Topliss-reactive ketones (excluding diaryl/α,β-unsaturated/α-hetero) is 1. The largest absolute Gasteiger partial charge is 0.380 e. The van der Waals surface area contributed by atoms with E-state index in [1.54, 1.807) is 36.5 Å². The van der Waals surface area contributed by atoms with Crippen molar-refractivity contribution in [2.24, 2.45) is 0 Å². The van der Waals surface area contributed by atoms with E-state index in [1.807, 2.05) is 30.3 Å². The Morgan fingerprint density at radius 2 is 1.65 bits per heavy atom. The van der Waals surface area contributed by atoms with Crippen LogP contribution in [0.5, 0.6) is 0 Å². The molecule has 0 atom stereocenters. The Balaban J connectivity index is 1.68. The first-order valence-corrected chi connectivity index (χ1v) is 8.27. The van der Waals surface area contributed by atoms with Gasteiger partial charge in [0.2, 0.25) is 0 Å². The van der Waals surface area contributed by atoms with Crippen LogP contribution in [0.2, 0.25) is 0 Å². The molecule has 1 aromatic heterocycles. The quantitative estimate of drug-likeness (QED) is 0.659. The van der Waals surface area contributed by atoms with E-state index < -0.39 is 0 Å². The minimum atomic E-state index is -0.276. The number of carbonyl (C=O) groups is 2. The molecule has 0 saturated heterocycles. The van der Waals surface area contributed by atoms with Crippen molar-refractivity contribution < 1.29 is 9.59 Å². The van der Waals surface area contributed by atoms with Crippen molar-refractivity contribution in [3.8, 4) is 0 Å². The molecule has 3 rings (SSSR count). The molecule has 0 radical (unpaired) electrons. The van der Waals surface area contributed by atoms with E-state index in [4.69, 9.17) is 0 Å². The van der Waals surface area contributed by atoms with Crippen molar-refractivity contribution in [2.45, 2.75) is 13.5 Å². The van der Waals surface area contributed by atoms with E-state index >= 15 is 0 Å². The first-order chi connectivity index (χ1) is 12.6. The summed E-state index contributed by atoms with van der Waals surface area (Å²) in [5, 5.41) is 6.05. The van der Waals surface area contributed by atoms with E-state index in [0.717, 1.165) is 11.3 Å². The minimum absolute atomic E-state index is 0.0464. The van der Waals surface area contributed by atoms with Crippen LogP contribution in [0, 0.1) is 0 Å². The summed E-state index contributed by atoms with van der Waals surface area (Å²) in [6.45, 7) is 2.14. The van der Waals surface area contributed by atoms with Crippen molar-refractivity contribution >= 4 is 23.1 Å². The van der Waals surface area contributed by atoms with Crippen LogP contribution in [0.15, 0.2) is 73.1 Å². The molecule has 0 aliphatic carbocycles. The fourth-order valence-electron chi connectivity index (χ4n) is 2.48. The van der Waals surface area contributed by atoms with Gasteiger partial charge < -0.3 is 10.6 Å². The highest BCUT2D eigenvalue weighted by molar-refractivity contribution is 6.05. The number of nitrogens with one attached hydrogen (secondary N) is 2. The molecule has 0 spiro atoms. The van der Waals surface area contributed by atoms with E-state index in [1.165, 1.54) is 13.1 Å². The molecule has 1 heterocycles.